The van der Waals surface area contributed by atoms with E-state index in [2.05, 4.69) is 5.10 Å². The van der Waals surface area contributed by atoms with Gasteiger partial charge < -0.3 is 0 Å². The molecular formula is C11H8Cl2N2O. The summed E-state index contributed by atoms with van der Waals surface area (Å²) in [4.78, 5) is 10.8. The lowest BCUT2D eigenvalue weighted by atomic mass is 10.3. The summed E-state index contributed by atoms with van der Waals surface area (Å²) in [5, 5.41) is 5.14. The molecule has 0 spiro atoms. The Balaban J connectivity index is 2.56. The third-order valence-electron chi connectivity index (χ3n) is 2.24. The topological polar surface area (TPSA) is 34.9 Å². The number of carbonyl (C=O) groups excluding carboxylic acids is 1. The zero-order valence-corrected chi connectivity index (χ0v) is 9.96. The first-order chi connectivity index (χ1) is 7.63. The molecule has 0 amide bonds. The van der Waals surface area contributed by atoms with Crippen molar-refractivity contribution in [2.75, 3.05) is 0 Å². The quantitative estimate of drug-likeness (QED) is 0.771. The summed E-state index contributed by atoms with van der Waals surface area (Å²) in [6, 6.07) is 7.06. The fourth-order valence-electron chi connectivity index (χ4n) is 1.40. The number of nitrogens with zero attached hydrogens (tertiary/aromatic N) is 2. The number of rotatable bonds is 2. The van der Waals surface area contributed by atoms with Gasteiger partial charge in [-0.15, -0.1) is 0 Å². The standard InChI is InChI=1S/C11H8Cl2N2O/c1-7-10(6-16)11(13)15(14-7)9-4-2-8(12)3-5-9/h2-6H,1H3. The van der Waals surface area contributed by atoms with Gasteiger partial charge in [0, 0.05) is 5.02 Å². The van der Waals surface area contributed by atoms with Gasteiger partial charge in [0.25, 0.3) is 0 Å². The van der Waals surface area contributed by atoms with Crippen LogP contribution in [0.2, 0.25) is 10.2 Å². The van der Waals surface area contributed by atoms with Crippen LogP contribution < -0.4 is 0 Å². The van der Waals surface area contributed by atoms with E-state index in [0.717, 1.165) is 5.69 Å². The van der Waals surface area contributed by atoms with E-state index in [-0.39, 0.29) is 0 Å². The maximum Gasteiger partial charge on any atom is 0.155 e. The summed E-state index contributed by atoms with van der Waals surface area (Å²) in [7, 11) is 0. The second kappa shape index (κ2) is 4.28. The lowest BCUT2D eigenvalue weighted by molar-refractivity contribution is 0.112. The van der Waals surface area contributed by atoms with Gasteiger partial charge in [-0.25, -0.2) is 4.68 Å². The third-order valence-corrected chi connectivity index (χ3v) is 2.85. The predicted octanol–water partition coefficient (Wildman–Crippen LogP) is 3.30. The molecule has 3 nitrogen and oxygen atoms in total. The molecule has 0 saturated heterocycles. The maximum atomic E-state index is 10.8. The van der Waals surface area contributed by atoms with Gasteiger partial charge in [0.15, 0.2) is 6.29 Å². The SMILES string of the molecule is Cc1nn(-c2ccc(Cl)cc2)c(Cl)c1C=O. The lowest BCUT2D eigenvalue weighted by Crippen LogP contribution is -1.96. The number of aromatic nitrogens is 2. The van der Waals surface area contributed by atoms with Crippen molar-refractivity contribution in [3.63, 3.8) is 0 Å². The summed E-state index contributed by atoms with van der Waals surface area (Å²) < 4.78 is 1.51. The molecule has 1 aromatic heterocycles. The van der Waals surface area contributed by atoms with Crippen LogP contribution in [0.4, 0.5) is 0 Å². The summed E-state index contributed by atoms with van der Waals surface area (Å²) in [5.41, 5.74) is 1.79. The molecule has 0 aliphatic rings. The van der Waals surface area contributed by atoms with E-state index in [1.807, 2.05) is 0 Å². The summed E-state index contributed by atoms with van der Waals surface area (Å²) in [5.74, 6) is 0. The summed E-state index contributed by atoms with van der Waals surface area (Å²) >= 11 is 11.8. The Hall–Kier alpha value is -1.32. The minimum absolute atomic E-state index is 0.315. The molecule has 0 N–H and O–H groups in total. The fraction of sp³-hybridized carbons (Fsp3) is 0.0909. The van der Waals surface area contributed by atoms with Crippen molar-refractivity contribution >= 4 is 29.5 Å². The Bertz CT molecular complexity index is 532. The van der Waals surface area contributed by atoms with Gasteiger partial charge >= 0.3 is 0 Å². The predicted molar refractivity (Wildman–Crippen MR) is 63.7 cm³/mol. The van der Waals surface area contributed by atoms with E-state index in [0.29, 0.717) is 27.7 Å². The molecule has 0 unspecified atom stereocenters. The van der Waals surface area contributed by atoms with Crippen molar-refractivity contribution < 1.29 is 4.79 Å². The highest BCUT2D eigenvalue weighted by Crippen LogP contribution is 2.22. The molecule has 82 valence electrons. The van der Waals surface area contributed by atoms with E-state index in [9.17, 15) is 4.79 Å². The second-order valence-electron chi connectivity index (χ2n) is 3.30. The smallest absolute Gasteiger partial charge is 0.155 e. The Labute approximate surface area is 103 Å². The summed E-state index contributed by atoms with van der Waals surface area (Å²) in [6.07, 6.45) is 0.705. The molecule has 2 rings (SSSR count). The molecule has 0 aliphatic heterocycles. The monoisotopic (exact) mass is 254 g/mol. The largest absolute Gasteiger partial charge is 0.298 e. The first-order valence-corrected chi connectivity index (χ1v) is 5.35. The van der Waals surface area contributed by atoms with Crippen molar-refractivity contribution in [3.05, 3.63) is 45.7 Å². The molecule has 2 aromatic rings. The van der Waals surface area contributed by atoms with Gasteiger partial charge in [0.05, 0.1) is 16.9 Å². The van der Waals surface area contributed by atoms with Gasteiger partial charge in [0.2, 0.25) is 0 Å². The van der Waals surface area contributed by atoms with Crippen LogP contribution in [0.5, 0.6) is 0 Å². The average Bonchev–Trinajstić information content (AvgIpc) is 2.55. The van der Waals surface area contributed by atoms with Crippen molar-refractivity contribution in [3.8, 4) is 5.69 Å². The van der Waals surface area contributed by atoms with Gasteiger partial charge in [-0.3, -0.25) is 4.79 Å². The minimum Gasteiger partial charge on any atom is -0.298 e. The number of aryl methyl sites for hydroxylation is 1. The van der Waals surface area contributed by atoms with Crippen LogP contribution in [-0.2, 0) is 0 Å². The van der Waals surface area contributed by atoms with Crippen LogP contribution in [0, 0.1) is 6.92 Å². The zero-order valence-electron chi connectivity index (χ0n) is 8.45. The number of carbonyl (C=O) groups is 1. The summed E-state index contributed by atoms with van der Waals surface area (Å²) in [6.45, 7) is 1.74. The number of hydrogen-bond acceptors (Lipinski definition) is 2. The van der Waals surface area contributed by atoms with Gasteiger partial charge in [-0.2, -0.15) is 5.10 Å². The molecule has 16 heavy (non-hydrogen) atoms. The molecule has 0 atom stereocenters. The van der Waals surface area contributed by atoms with E-state index in [4.69, 9.17) is 23.2 Å². The molecule has 0 fully saturated rings. The van der Waals surface area contributed by atoms with Gasteiger partial charge in [-0.1, -0.05) is 23.2 Å². The highest BCUT2D eigenvalue weighted by molar-refractivity contribution is 6.32. The highest BCUT2D eigenvalue weighted by Gasteiger charge is 2.13. The Kier molecular flexibility index (Phi) is 2.99. The van der Waals surface area contributed by atoms with Crippen LogP contribution in [0.25, 0.3) is 5.69 Å². The Morgan fingerprint density at radius 2 is 1.88 bits per heavy atom. The molecule has 5 heteroatoms. The molecular weight excluding hydrogens is 247 g/mol. The number of halogens is 2. The normalized spacial score (nSPS) is 10.4. The van der Waals surface area contributed by atoms with Gasteiger partial charge in [-0.05, 0) is 31.2 Å². The van der Waals surface area contributed by atoms with Gasteiger partial charge in [0.1, 0.15) is 5.15 Å². The van der Waals surface area contributed by atoms with Crippen LogP contribution in [0.3, 0.4) is 0 Å². The number of hydrogen-bond donors (Lipinski definition) is 0. The molecule has 1 aromatic carbocycles. The van der Waals surface area contributed by atoms with E-state index in [1.54, 1.807) is 31.2 Å². The zero-order chi connectivity index (χ0) is 11.7. The van der Waals surface area contributed by atoms with Crippen LogP contribution in [0.1, 0.15) is 16.1 Å². The number of aldehydes is 1. The second-order valence-corrected chi connectivity index (χ2v) is 4.09. The van der Waals surface area contributed by atoms with Crippen molar-refractivity contribution in [1.29, 1.82) is 0 Å². The highest BCUT2D eigenvalue weighted by atomic mass is 35.5. The third kappa shape index (κ3) is 1.84. The Morgan fingerprint density at radius 1 is 1.25 bits per heavy atom. The molecule has 0 radical (unpaired) electrons. The van der Waals surface area contributed by atoms with E-state index < -0.39 is 0 Å². The van der Waals surface area contributed by atoms with Crippen molar-refractivity contribution in [1.82, 2.24) is 9.78 Å². The molecule has 1 heterocycles. The van der Waals surface area contributed by atoms with E-state index >= 15 is 0 Å². The fourth-order valence-corrected chi connectivity index (χ4v) is 1.84. The molecule has 0 bridgehead atoms. The minimum atomic E-state index is 0.315. The maximum absolute atomic E-state index is 10.8. The van der Waals surface area contributed by atoms with Crippen molar-refractivity contribution in [2.45, 2.75) is 6.92 Å². The average molecular weight is 255 g/mol. The Morgan fingerprint density at radius 3 is 2.38 bits per heavy atom. The number of benzene rings is 1. The first-order valence-electron chi connectivity index (χ1n) is 4.59. The first kappa shape index (κ1) is 11.2. The molecule has 0 aliphatic carbocycles. The van der Waals surface area contributed by atoms with Crippen LogP contribution in [-0.4, -0.2) is 16.1 Å². The lowest BCUT2D eigenvalue weighted by Gasteiger charge is -2.02. The van der Waals surface area contributed by atoms with Crippen LogP contribution >= 0.6 is 23.2 Å². The molecule has 0 saturated carbocycles. The van der Waals surface area contributed by atoms with Crippen molar-refractivity contribution in [2.24, 2.45) is 0 Å². The van der Waals surface area contributed by atoms with E-state index in [1.165, 1.54) is 4.68 Å². The van der Waals surface area contributed by atoms with Crippen LogP contribution in [0.15, 0.2) is 24.3 Å².